The van der Waals surface area contributed by atoms with Gasteiger partial charge < -0.3 is 14.5 Å². The topological polar surface area (TPSA) is 72.6 Å². The number of aromatic nitrogens is 5. The number of halogens is 1. The molecule has 1 N–H and O–H groups in total. The van der Waals surface area contributed by atoms with Crippen LogP contribution in [0.5, 0.6) is 0 Å². The van der Waals surface area contributed by atoms with Crippen molar-refractivity contribution in [3.63, 3.8) is 0 Å². The predicted octanol–water partition coefficient (Wildman–Crippen LogP) is 3.65. The fourth-order valence-corrected chi connectivity index (χ4v) is 3.56. The third kappa shape index (κ3) is 2.56. The monoisotopic (exact) mass is 374 g/mol. The summed E-state index contributed by atoms with van der Waals surface area (Å²) in [5, 5.41) is 14.4. The quantitative estimate of drug-likeness (QED) is 0.556. The minimum atomic E-state index is -0.313. The SMILES string of the molecule is [C-]#[N+]c1cnc2ccc(-c3c(-c4ccc(F)cc4)ncn3C3CC(O)C3)nn12. The molecule has 1 aliphatic rings. The fraction of sp³-hybridized carbons (Fsp3) is 0.200. The summed E-state index contributed by atoms with van der Waals surface area (Å²) < 4.78 is 16.9. The number of aliphatic hydroxyl groups is 1. The average molecular weight is 374 g/mol. The molecule has 7 nitrogen and oxygen atoms in total. The standard InChI is InChI=1S/C20H15FN6O/c1-22-18-10-23-17-7-6-16(25-27(17)18)20-19(12-2-4-13(21)5-3-12)24-11-26(20)14-8-15(28)9-14/h2-7,10-11,14-15,28H,8-9H2. The minimum absolute atomic E-state index is 0.118. The van der Waals surface area contributed by atoms with E-state index in [-0.39, 0.29) is 18.0 Å². The number of hydrogen-bond donors (Lipinski definition) is 1. The largest absolute Gasteiger partial charge is 0.393 e. The zero-order chi connectivity index (χ0) is 19.3. The van der Waals surface area contributed by atoms with Gasteiger partial charge in [0.1, 0.15) is 11.5 Å². The average Bonchev–Trinajstić information content (AvgIpc) is 3.29. The van der Waals surface area contributed by atoms with Crippen molar-refractivity contribution in [3.8, 4) is 22.6 Å². The Morgan fingerprint density at radius 1 is 1.11 bits per heavy atom. The lowest BCUT2D eigenvalue weighted by Crippen LogP contribution is -2.30. The summed E-state index contributed by atoms with van der Waals surface area (Å²) in [5.41, 5.74) is 3.44. The van der Waals surface area contributed by atoms with Gasteiger partial charge in [0.2, 0.25) is 5.65 Å². The highest BCUT2D eigenvalue weighted by atomic mass is 19.1. The summed E-state index contributed by atoms with van der Waals surface area (Å²) in [6, 6.07) is 9.92. The Labute approximate surface area is 159 Å². The van der Waals surface area contributed by atoms with Gasteiger partial charge in [-0.05, 0) is 43.2 Å². The van der Waals surface area contributed by atoms with Gasteiger partial charge >= 0.3 is 0 Å². The molecule has 0 aliphatic heterocycles. The van der Waals surface area contributed by atoms with Gasteiger partial charge in [-0.3, -0.25) is 0 Å². The summed E-state index contributed by atoms with van der Waals surface area (Å²) in [5.74, 6) is 0.0109. The number of hydrogen-bond acceptors (Lipinski definition) is 4. The van der Waals surface area contributed by atoms with Crippen molar-refractivity contribution in [2.24, 2.45) is 0 Å². The van der Waals surface area contributed by atoms with Crippen LogP contribution in [0, 0.1) is 12.4 Å². The Morgan fingerprint density at radius 2 is 1.89 bits per heavy atom. The Hall–Kier alpha value is -3.57. The summed E-state index contributed by atoms with van der Waals surface area (Å²) in [6.45, 7) is 7.30. The summed E-state index contributed by atoms with van der Waals surface area (Å²) >= 11 is 0. The van der Waals surface area contributed by atoms with Crippen LogP contribution in [0.4, 0.5) is 10.2 Å². The molecule has 5 rings (SSSR count). The van der Waals surface area contributed by atoms with Crippen molar-refractivity contribution in [1.82, 2.24) is 24.1 Å². The Bertz CT molecular complexity index is 1210. The zero-order valence-electron chi connectivity index (χ0n) is 14.7. The molecular weight excluding hydrogens is 359 g/mol. The van der Waals surface area contributed by atoms with Crippen LogP contribution in [0.15, 0.2) is 48.9 Å². The van der Waals surface area contributed by atoms with Crippen molar-refractivity contribution in [2.75, 3.05) is 0 Å². The van der Waals surface area contributed by atoms with Crippen LogP contribution in [0.1, 0.15) is 18.9 Å². The van der Waals surface area contributed by atoms with Crippen LogP contribution in [0.2, 0.25) is 0 Å². The molecule has 0 saturated heterocycles. The second-order valence-electron chi connectivity index (χ2n) is 6.85. The number of benzene rings is 1. The molecule has 1 aromatic carbocycles. The molecule has 1 saturated carbocycles. The molecule has 0 bridgehead atoms. The Balaban J connectivity index is 1.71. The molecular formula is C20H15FN6O. The molecule has 138 valence electrons. The molecule has 8 heteroatoms. The molecule has 1 aliphatic carbocycles. The lowest BCUT2D eigenvalue weighted by atomic mass is 9.89. The Morgan fingerprint density at radius 3 is 2.61 bits per heavy atom. The van der Waals surface area contributed by atoms with Gasteiger partial charge in [0, 0.05) is 17.7 Å². The summed E-state index contributed by atoms with van der Waals surface area (Å²) in [7, 11) is 0. The second kappa shape index (κ2) is 6.25. The van der Waals surface area contributed by atoms with Crippen molar-refractivity contribution < 1.29 is 9.50 Å². The van der Waals surface area contributed by atoms with Crippen LogP contribution in [-0.2, 0) is 0 Å². The van der Waals surface area contributed by atoms with Gasteiger partial charge in [-0.25, -0.2) is 14.4 Å². The van der Waals surface area contributed by atoms with Gasteiger partial charge in [0.05, 0.1) is 30.0 Å². The van der Waals surface area contributed by atoms with Crippen LogP contribution in [0.25, 0.3) is 33.1 Å². The highest BCUT2D eigenvalue weighted by Crippen LogP contribution is 2.39. The molecule has 3 heterocycles. The van der Waals surface area contributed by atoms with Gasteiger partial charge in [0.15, 0.2) is 0 Å². The number of fused-ring (bicyclic) bond motifs is 1. The van der Waals surface area contributed by atoms with Crippen LogP contribution in [0.3, 0.4) is 0 Å². The summed E-state index contributed by atoms with van der Waals surface area (Å²) in [4.78, 5) is 12.2. The van der Waals surface area contributed by atoms with Crippen LogP contribution in [-0.4, -0.2) is 35.4 Å². The van der Waals surface area contributed by atoms with Crippen LogP contribution < -0.4 is 0 Å². The van der Waals surface area contributed by atoms with E-state index in [0.717, 1.165) is 11.3 Å². The van der Waals surface area contributed by atoms with Gasteiger partial charge in [-0.2, -0.15) is 0 Å². The third-order valence-corrected chi connectivity index (χ3v) is 5.09. The van der Waals surface area contributed by atoms with Crippen molar-refractivity contribution in [1.29, 1.82) is 0 Å². The van der Waals surface area contributed by atoms with E-state index in [4.69, 9.17) is 6.57 Å². The van der Waals surface area contributed by atoms with E-state index >= 15 is 0 Å². The Kier molecular flexibility index (Phi) is 3.70. The van der Waals surface area contributed by atoms with Crippen LogP contribution >= 0.6 is 0 Å². The number of rotatable bonds is 3. The maximum absolute atomic E-state index is 13.4. The van der Waals surface area contributed by atoms with E-state index in [0.29, 0.717) is 35.7 Å². The fourth-order valence-electron chi connectivity index (χ4n) is 3.56. The highest BCUT2D eigenvalue weighted by Gasteiger charge is 2.32. The number of imidazole rings is 2. The molecule has 0 atom stereocenters. The maximum atomic E-state index is 13.4. The third-order valence-electron chi connectivity index (χ3n) is 5.09. The van der Waals surface area contributed by atoms with Crippen molar-refractivity contribution >= 4 is 11.5 Å². The maximum Gasteiger partial charge on any atom is 0.275 e. The van der Waals surface area contributed by atoms with Crippen molar-refractivity contribution in [3.05, 3.63) is 66.2 Å². The molecule has 28 heavy (non-hydrogen) atoms. The molecule has 0 unspecified atom stereocenters. The molecule has 3 aromatic heterocycles. The molecule has 0 radical (unpaired) electrons. The second-order valence-corrected chi connectivity index (χ2v) is 6.85. The van der Waals surface area contributed by atoms with Gasteiger partial charge in [0.25, 0.3) is 5.82 Å². The molecule has 4 aromatic rings. The van der Waals surface area contributed by atoms with Crippen molar-refractivity contribution in [2.45, 2.75) is 25.0 Å². The van der Waals surface area contributed by atoms with E-state index < -0.39 is 0 Å². The van der Waals surface area contributed by atoms with E-state index in [1.54, 1.807) is 24.5 Å². The first-order chi connectivity index (χ1) is 13.6. The van der Waals surface area contributed by atoms with Gasteiger partial charge in [-0.1, -0.05) is 11.7 Å². The minimum Gasteiger partial charge on any atom is -0.393 e. The highest BCUT2D eigenvalue weighted by molar-refractivity contribution is 5.77. The van der Waals surface area contributed by atoms with E-state index in [1.165, 1.54) is 22.8 Å². The number of nitrogens with zero attached hydrogens (tertiary/aromatic N) is 6. The van der Waals surface area contributed by atoms with E-state index in [1.807, 2.05) is 10.6 Å². The lowest BCUT2D eigenvalue weighted by Gasteiger charge is -2.33. The first kappa shape index (κ1) is 16.6. The van der Waals surface area contributed by atoms with E-state index in [2.05, 4.69) is 19.9 Å². The molecule has 1 fully saturated rings. The first-order valence-electron chi connectivity index (χ1n) is 8.87. The zero-order valence-corrected chi connectivity index (χ0v) is 14.7. The molecule has 0 amide bonds. The van der Waals surface area contributed by atoms with E-state index in [9.17, 15) is 9.50 Å². The number of aliphatic hydroxyl groups excluding tert-OH is 1. The summed E-state index contributed by atoms with van der Waals surface area (Å²) in [6.07, 6.45) is 4.20. The smallest absolute Gasteiger partial charge is 0.275 e. The van der Waals surface area contributed by atoms with Gasteiger partial charge in [-0.15, -0.1) is 4.52 Å². The predicted molar refractivity (Wildman–Crippen MR) is 100 cm³/mol. The normalized spacial score (nSPS) is 18.8. The molecule has 0 spiro atoms. The first-order valence-corrected chi connectivity index (χ1v) is 8.87. The lowest BCUT2D eigenvalue weighted by molar-refractivity contribution is 0.0491.